The van der Waals surface area contributed by atoms with Crippen LogP contribution in [0.25, 0.3) is 11.4 Å². The van der Waals surface area contributed by atoms with Gasteiger partial charge in [-0.05, 0) is 48.5 Å². The van der Waals surface area contributed by atoms with Crippen molar-refractivity contribution in [2.45, 2.75) is 50.2 Å². The second-order valence-electron chi connectivity index (χ2n) is 10.8. The van der Waals surface area contributed by atoms with Crippen molar-refractivity contribution in [2.75, 3.05) is 13.7 Å². The second kappa shape index (κ2) is 14.2. The smallest absolute Gasteiger partial charge is 0.186 e. The molecule has 0 amide bonds. The van der Waals surface area contributed by atoms with Crippen LogP contribution in [0.3, 0.4) is 0 Å². The fraction of sp³-hybridized carbons (Fsp3) is 0.312. The van der Waals surface area contributed by atoms with Crippen LogP contribution in [0.1, 0.15) is 23.2 Å². The molecule has 14 heteroatoms. The van der Waals surface area contributed by atoms with Crippen LogP contribution in [0.4, 0.5) is 0 Å². The van der Waals surface area contributed by atoms with Crippen molar-refractivity contribution >= 4 is 31.9 Å². The zero-order valence-corrected chi connectivity index (χ0v) is 27.8. The maximum Gasteiger partial charge on any atom is 0.186 e. The number of benzene rings is 3. The zero-order chi connectivity index (χ0) is 31.5. The first-order chi connectivity index (χ1) is 22.5. The lowest BCUT2D eigenvalue weighted by molar-refractivity contribution is -0.369. The topological polar surface area (TPSA) is 117 Å². The number of aromatic nitrogens is 6. The van der Waals surface area contributed by atoms with Gasteiger partial charge in [-0.15, -0.1) is 10.2 Å². The van der Waals surface area contributed by atoms with Crippen LogP contribution in [0.15, 0.2) is 100 Å². The predicted octanol–water partition coefficient (Wildman–Crippen LogP) is 5.33. The van der Waals surface area contributed by atoms with Crippen molar-refractivity contribution < 1.29 is 28.4 Å². The third kappa shape index (κ3) is 6.99. The molecule has 238 valence electrons. The Kier molecular flexibility index (Phi) is 9.65. The van der Waals surface area contributed by atoms with E-state index in [0.29, 0.717) is 11.4 Å². The second-order valence-corrected chi connectivity index (χ2v) is 12.6. The molecule has 2 saturated heterocycles. The van der Waals surface area contributed by atoms with Crippen molar-refractivity contribution in [1.82, 2.24) is 30.0 Å². The normalized spacial score (nSPS) is 24.5. The van der Waals surface area contributed by atoms with Gasteiger partial charge in [0.15, 0.2) is 12.6 Å². The molecule has 0 saturated carbocycles. The number of rotatable bonds is 10. The van der Waals surface area contributed by atoms with Crippen molar-refractivity contribution in [3.8, 4) is 11.4 Å². The summed E-state index contributed by atoms with van der Waals surface area (Å²) < 4.78 is 43.0. The molecule has 6 atom stereocenters. The molecule has 2 aliphatic rings. The van der Waals surface area contributed by atoms with E-state index in [2.05, 4.69) is 52.5 Å². The van der Waals surface area contributed by atoms with Crippen molar-refractivity contribution in [2.24, 2.45) is 0 Å². The fourth-order valence-electron chi connectivity index (χ4n) is 5.41. The molecule has 0 aliphatic carbocycles. The van der Waals surface area contributed by atoms with Crippen LogP contribution >= 0.6 is 31.9 Å². The van der Waals surface area contributed by atoms with Gasteiger partial charge >= 0.3 is 0 Å². The average molecular weight is 754 g/mol. The summed E-state index contributed by atoms with van der Waals surface area (Å²) in [4.78, 5) is 0. The minimum absolute atomic E-state index is 0.139. The lowest BCUT2D eigenvalue weighted by Gasteiger charge is -2.48. The number of ether oxygens (including phenoxy) is 6. The van der Waals surface area contributed by atoms with Crippen LogP contribution in [-0.2, 0) is 41.6 Å². The standard InChI is InChI=1S/C32H30Br2N6O6/c1-41-32-30(43-18-24-16-40(38-36-24)26-13-9-22(34)10-14-26)29(28-27(45-32)19-44-31(46-28)20-5-3-2-4-6-20)42-17-23-15-39(37-35-23)25-11-7-21(33)8-12-25/h2-16,27-32H,17-19H2,1H3/t27?,28-,29-,30?,31?,32+/m0/s1. The van der Waals surface area contributed by atoms with Gasteiger partial charge in [0.2, 0.25) is 0 Å². The van der Waals surface area contributed by atoms with Gasteiger partial charge in [0.25, 0.3) is 0 Å². The van der Waals surface area contributed by atoms with Gasteiger partial charge < -0.3 is 28.4 Å². The number of hydrogen-bond donors (Lipinski definition) is 0. The zero-order valence-electron chi connectivity index (χ0n) is 24.6. The summed E-state index contributed by atoms with van der Waals surface area (Å²) in [7, 11) is 1.57. The monoisotopic (exact) mass is 752 g/mol. The molecule has 0 N–H and O–H groups in total. The van der Waals surface area contributed by atoms with E-state index in [1.807, 2.05) is 91.3 Å². The van der Waals surface area contributed by atoms with Gasteiger partial charge in [-0.3, -0.25) is 0 Å². The Bertz CT molecular complexity index is 1720. The number of halogens is 2. The molecular formula is C32H30Br2N6O6. The summed E-state index contributed by atoms with van der Waals surface area (Å²) in [6.07, 6.45) is 0.0270. The van der Waals surface area contributed by atoms with E-state index in [-0.39, 0.29) is 19.8 Å². The number of fused-ring (bicyclic) bond motifs is 1. The van der Waals surface area contributed by atoms with E-state index >= 15 is 0 Å². The number of nitrogens with zero attached hydrogens (tertiary/aromatic N) is 6. The van der Waals surface area contributed by atoms with Crippen molar-refractivity contribution in [3.63, 3.8) is 0 Å². The molecule has 3 unspecified atom stereocenters. The first-order valence-electron chi connectivity index (χ1n) is 14.6. The Morgan fingerprint density at radius 1 is 0.739 bits per heavy atom. The molecule has 5 aromatic rings. The van der Waals surface area contributed by atoms with Crippen molar-refractivity contribution in [1.29, 1.82) is 0 Å². The van der Waals surface area contributed by atoms with Crippen LogP contribution in [0.5, 0.6) is 0 Å². The van der Waals surface area contributed by atoms with Gasteiger partial charge in [-0.25, -0.2) is 9.36 Å². The summed E-state index contributed by atoms with van der Waals surface area (Å²) >= 11 is 6.93. The molecule has 4 heterocycles. The Labute approximate surface area is 281 Å². The number of hydrogen-bond acceptors (Lipinski definition) is 10. The van der Waals surface area contributed by atoms with Gasteiger partial charge in [0.05, 0.1) is 43.6 Å². The van der Waals surface area contributed by atoms with E-state index in [1.165, 1.54) is 0 Å². The average Bonchev–Trinajstić information content (AvgIpc) is 3.77. The Balaban J connectivity index is 1.12. The van der Waals surface area contributed by atoms with Crippen LogP contribution < -0.4 is 0 Å². The summed E-state index contributed by atoms with van der Waals surface area (Å²) in [6.45, 7) is 0.582. The minimum atomic E-state index is -0.758. The van der Waals surface area contributed by atoms with Gasteiger partial charge in [0, 0.05) is 21.6 Å². The third-order valence-electron chi connectivity index (χ3n) is 7.70. The van der Waals surface area contributed by atoms with Gasteiger partial charge in [-0.1, -0.05) is 72.6 Å². The van der Waals surface area contributed by atoms with Gasteiger partial charge in [0.1, 0.15) is 35.8 Å². The molecule has 0 spiro atoms. The lowest BCUT2D eigenvalue weighted by Crippen LogP contribution is -2.63. The molecule has 0 bridgehead atoms. The molecule has 2 fully saturated rings. The van der Waals surface area contributed by atoms with E-state index in [0.717, 1.165) is 25.9 Å². The maximum absolute atomic E-state index is 6.58. The molecule has 0 radical (unpaired) electrons. The first kappa shape index (κ1) is 31.3. The highest BCUT2D eigenvalue weighted by Gasteiger charge is 2.51. The summed E-state index contributed by atoms with van der Waals surface area (Å²) in [5, 5.41) is 17.2. The molecule has 2 aliphatic heterocycles. The molecule has 3 aromatic carbocycles. The largest absolute Gasteiger partial charge is 0.366 e. The van der Waals surface area contributed by atoms with E-state index in [9.17, 15) is 0 Å². The Morgan fingerprint density at radius 3 is 1.87 bits per heavy atom. The molecular weight excluding hydrogens is 724 g/mol. The molecule has 46 heavy (non-hydrogen) atoms. The Morgan fingerprint density at radius 2 is 1.30 bits per heavy atom. The van der Waals surface area contributed by atoms with Crippen LogP contribution in [0, 0.1) is 0 Å². The van der Waals surface area contributed by atoms with Crippen LogP contribution in [-0.4, -0.2) is 74.4 Å². The lowest BCUT2D eigenvalue weighted by atomic mass is 9.97. The van der Waals surface area contributed by atoms with Crippen LogP contribution in [0.2, 0.25) is 0 Å². The van der Waals surface area contributed by atoms with E-state index < -0.39 is 37.0 Å². The van der Waals surface area contributed by atoms with E-state index in [4.69, 9.17) is 28.4 Å². The Hall–Kier alpha value is -3.34. The molecule has 7 rings (SSSR count). The fourth-order valence-corrected chi connectivity index (χ4v) is 5.94. The quantitative estimate of drug-likeness (QED) is 0.185. The maximum atomic E-state index is 6.58. The highest BCUT2D eigenvalue weighted by molar-refractivity contribution is 9.10. The molecule has 2 aromatic heterocycles. The van der Waals surface area contributed by atoms with Gasteiger partial charge in [-0.2, -0.15) is 0 Å². The SMILES string of the molecule is CO[C@@H]1OC2COC(c3ccccc3)O[C@@H]2[C@H](OCc2cn(-c3ccc(Br)cc3)nn2)C1OCc1cn(-c2ccc(Br)cc2)nn1. The highest BCUT2D eigenvalue weighted by atomic mass is 79.9. The summed E-state index contributed by atoms with van der Waals surface area (Å²) in [5.74, 6) is 0. The van der Waals surface area contributed by atoms with E-state index in [1.54, 1.807) is 16.5 Å². The highest BCUT2D eigenvalue weighted by Crippen LogP contribution is 2.37. The molecule has 12 nitrogen and oxygen atoms in total. The minimum Gasteiger partial charge on any atom is -0.366 e. The summed E-state index contributed by atoms with van der Waals surface area (Å²) in [6, 6.07) is 25.4. The predicted molar refractivity (Wildman–Crippen MR) is 171 cm³/mol. The van der Waals surface area contributed by atoms with Crippen molar-refractivity contribution in [3.05, 3.63) is 117 Å². The summed E-state index contributed by atoms with van der Waals surface area (Å²) in [5.41, 5.74) is 3.92. The third-order valence-corrected chi connectivity index (χ3v) is 8.76. The number of methoxy groups -OCH3 is 1. The first-order valence-corrected chi connectivity index (χ1v) is 16.2.